The molecule has 0 saturated heterocycles. The standard InChI is InChI=1S/C17H16F2N2O2/c1-23-12-5-3-11(4-6-12)17-20-15-9-13(18)14(19)10-16(15)21(17)7-2-8-22/h3-6,9-10,22H,2,7-8H2,1H3. The minimum Gasteiger partial charge on any atom is -0.497 e. The van der Waals surface area contributed by atoms with Crippen molar-refractivity contribution in [3.63, 3.8) is 0 Å². The molecule has 23 heavy (non-hydrogen) atoms. The van der Waals surface area contributed by atoms with Gasteiger partial charge in [0, 0.05) is 30.8 Å². The van der Waals surface area contributed by atoms with Crippen molar-refractivity contribution in [1.82, 2.24) is 9.55 Å². The van der Waals surface area contributed by atoms with Crippen LogP contribution in [-0.4, -0.2) is 28.4 Å². The lowest BCUT2D eigenvalue weighted by molar-refractivity contribution is 0.281. The van der Waals surface area contributed by atoms with Crippen molar-refractivity contribution in [2.24, 2.45) is 0 Å². The van der Waals surface area contributed by atoms with Crippen LogP contribution in [0.25, 0.3) is 22.4 Å². The van der Waals surface area contributed by atoms with E-state index in [9.17, 15) is 8.78 Å². The zero-order chi connectivity index (χ0) is 16.4. The summed E-state index contributed by atoms with van der Waals surface area (Å²) in [4.78, 5) is 4.43. The maximum atomic E-state index is 13.6. The van der Waals surface area contributed by atoms with E-state index in [0.29, 0.717) is 35.6 Å². The fourth-order valence-corrected chi connectivity index (χ4v) is 2.54. The second kappa shape index (κ2) is 6.34. The Bertz CT molecular complexity index is 829. The molecule has 0 atom stereocenters. The maximum absolute atomic E-state index is 13.6. The highest BCUT2D eigenvalue weighted by atomic mass is 19.2. The quantitative estimate of drug-likeness (QED) is 0.784. The molecule has 0 amide bonds. The second-order valence-electron chi connectivity index (χ2n) is 5.15. The Morgan fingerprint density at radius 2 is 1.83 bits per heavy atom. The number of aryl methyl sites for hydroxylation is 1. The van der Waals surface area contributed by atoms with Crippen molar-refractivity contribution >= 4 is 11.0 Å². The number of nitrogens with zero attached hydrogens (tertiary/aromatic N) is 2. The molecule has 0 radical (unpaired) electrons. The summed E-state index contributed by atoms with van der Waals surface area (Å²) in [6.45, 7) is 0.463. The van der Waals surface area contributed by atoms with Crippen LogP contribution in [0, 0.1) is 11.6 Å². The van der Waals surface area contributed by atoms with Crippen LogP contribution in [0.3, 0.4) is 0 Å². The first kappa shape index (κ1) is 15.4. The summed E-state index contributed by atoms with van der Waals surface area (Å²) in [5.41, 5.74) is 1.69. The van der Waals surface area contributed by atoms with Gasteiger partial charge in [-0.25, -0.2) is 13.8 Å². The van der Waals surface area contributed by atoms with Gasteiger partial charge in [-0.1, -0.05) is 0 Å². The van der Waals surface area contributed by atoms with Gasteiger partial charge in [0.05, 0.1) is 18.1 Å². The molecular weight excluding hydrogens is 302 g/mol. The number of rotatable bonds is 5. The first-order valence-electron chi connectivity index (χ1n) is 7.24. The predicted octanol–water partition coefficient (Wildman–Crippen LogP) is 3.37. The predicted molar refractivity (Wildman–Crippen MR) is 83.3 cm³/mol. The summed E-state index contributed by atoms with van der Waals surface area (Å²) in [5, 5.41) is 9.08. The highest BCUT2D eigenvalue weighted by Gasteiger charge is 2.15. The molecular formula is C17H16F2N2O2. The van der Waals surface area contributed by atoms with Crippen molar-refractivity contribution in [2.45, 2.75) is 13.0 Å². The number of hydrogen-bond acceptors (Lipinski definition) is 3. The molecule has 1 aromatic heterocycles. The van der Waals surface area contributed by atoms with Crippen molar-refractivity contribution in [3.05, 3.63) is 48.0 Å². The fourth-order valence-electron chi connectivity index (χ4n) is 2.54. The van der Waals surface area contributed by atoms with Crippen molar-refractivity contribution in [3.8, 4) is 17.1 Å². The summed E-state index contributed by atoms with van der Waals surface area (Å²) in [6.07, 6.45) is 0.494. The summed E-state index contributed by atoms with van der Waals surface area (Å²) < 4.78 is 34.0. The van der Waals surface area contributed by atoms with E-state index in [0.717, 1.165) is 17.7 Å². The van der Waals surface area contributed by atoms with E-state index in [2.05, 4.69) is 4.98 Å². The monoisotopic (exact) mass is 318 g/mol. The number of hydrogen-bond donors (Lipinski definition) is 1. The molecule has 3 rings (SSSR count). The highest BCUT2D eigenvalue weighted by molar-refractivity contribution is 5.81. The Morgan fingerprint density at radius 3 is 2.48 bits per heavy atom. The first-order chi connectivity index (χ1) is 11.1. The van der Waals surface area contributed by atoms with Crippen molar-refractivity contribution < 1.29 is 18.6 Å². The van der Waals surface area contributed by atoms with E-state index in [-0.39, 0.29) is 6.61 Å². The Morgan fingerprint density at radius 1 is 1.13 bits per heavy atom. The third-order valence-corrected chi connectivity index (χ3v) is 3.68. The molecule has 0 saturated carbocycles. The molecule has 0 bridgehead atoms. The minimum absolute atomic E-state index is 0.00536. The van der Waals surface area contributed by atoms with Crippen LogP contribution in [0.15, 0.2) is 36.4 Å². The lowest BCUT2D eigenvalue weighted by atomic mass is 10.2. The maximum Gasteiger partial charge on any atom is 0.161 e. The van der Waals surface area contributed by atoms with Crippen LogP contribution in [-0.2, 0) is 6.54 Å². The van der Waals surface area contributed by atoms with Gasteiger partial charge in [0.2, 0.25) is 0 Å². The van der Waals surface area contributed by atoms with Gasteiger partial charge in [-0.2, -0.15) is 0 Å². The molecule has 3 aromatic rings. The highest BCUT2D eigenvalue weighted by Crippen LogP contribution is 2.28. The van der Waals surface area contributed by atoms with E-state index < -0.39 is 11.6 Å². The number of methoxy groups -OCH3 is 1. The molecule has 0 aliphatic carbocycles. The number of imidazole rings is 1. The van der Waals surface area contributed by atoms with Gasteiger partial charge < -0.3 is 14.4 Å². The van der Waals surface area contributed by atoms with E-state index >= 15 is 0 Å². The number of aliphatic hydroxyl groups excluding tert-OH is 1. The fraction of sp³-hybridized carbons (Fsp3) is 0.235. The number of ether oxygens (including phenoxy) is 1. The lowest BCUT2D eigenvalue weighted by Gasteiger charge is -2.09. The van der Waals surface area contributed by atoms with Gasteiger partial charge in [0.1, 0.15) is 11.6 Å². The van der Waals surface area contributed by atoms with Gasteiger partial charge in [-0.05, 0) is 30.7 Å². The summed E-state index contributed by atoms with van der Waals surface area (Å²) >= 11 is 0. The lowest BCUT2D eigenvalue weighted by Crippen LogP contribution is -2.03. The normalized spacial score (nSPS) is 11.1. The van der Waals surface area contributed by atoms with Gasteiger partial charge in [0.25, 0.3) is 0 Å². The molecule has 0 spiro atoms. The van der Waals surface area contributed by atoms with Gasteiger partial charge in [-0.3, -0.25) is 0 Å². The van der Waals surface area contributed by atoms with E-state index in [1.54, 1.807) is 23.8 Å². The van der Waals surface area contributed by atoms with Crippen LogP contribution >= 0.6 is 0 Å². The summed E-state index contributed by atoms with van der Waals surface area (Å²) in [6, 6.07) is 9.50. The number of halogens is 2. The second-order valence-corrected chi connectivity index (χ2v) is 5.15. The number of fused-ring (bicyclic) bond motifs is 1. The molecule has 4 nitrogen and oxygen atoms in total. The van der Waals surface area contributed by atoms with E-state index in [4.69, 9.17) is 9.84 Å². The first-order valence-corrected chi connectivity index (χ1v) is 7.24. The number of aliphatic hydroxyl groups is 1. The number of aromatic nitrogens is 2. The molecule has 1 heterocycles. The third-order valence-electron chi connectivity index (χ3n) is 3.68. The summed E-state index contributed by atoms with van der Waals surface area (Å²) in [5.74, 6) is -0.528. The molecule has 0 fully saturated rings. The van der Waals surface area contributed by atoms with Gasteiger partial charge >= 0.3 is 0 Å². The zero-order valence-corrected chi connectivity index (χ0v) is 12.6. The van der Waals surface area contributed by atoms with Gasteiger partial charge in [-0.15, -0.1) is 0 Å². The van der Waals surface area contributed by atoms with Crippen LogP contribution in [0.2, 0.25) is 0 Å². The Balaban J connectivity index is 2.16. The van der Waals surface area contributed by atoms with Crippen LogP contribution in [0.5, 0.6) is 5.75 Å². The van der Waals surface area contributed by atoms with Crippen LogP contribution in [0.4, 0.5) is 8.78 Å². The molecule has 6 heteroatoms. The summed E-state index contributed by atoms with van der Waals surface area (Å²) in [7, 11) is 1.58. The molecule has 0 aliphatic rings. The Hall–Kier alpha value is -2.47. The molecule has 0 aliphatic heterocycles. The smallest absolute Gasteiger partial charge is 0.161 e. The van der Waals surface area contributed by atoms with Crippen LogP contribution < -0.4 is 4.74 Å². The van der Waals surface area contributed by atoms with E-state index in [1.807, 2.05) is 12.1 Å². The zero-order valence-electron chi connectivity index (χ0n) is 12.6. The van der Waals surface area contributed by atoms with Gasteiger partial charge in [0.15, 0.2) is 11.6 Å². The largest absolute Gasteiger partial charge is 0.497 e. The molecule has 2 aromatic carbocycles. The molecule has 1 N–H and O–H groups in total. The average molecular weight is 318 g/mol. The minimum atomic E-state index is -0.925. The molecule has 0 unspecified atom stereocenters. The average Bonchev–Trinajstić information content (AvgIpc) is 2.91. The third kappa shape index (κ3) is 2.90. The number of benzene rings is 2. The molecule has 120 valence electrons. The Labute approximate surface area is 132 Å². The van der Waals surface area contributed by atoms with Crippen molar-refractivity contribution in [2.75, 3.05) is 13.7 Å². The van der Waals surface area contributed by atoms with Crippen molar-refractivity contribution in [1.29, 1.82) is 0 Å². The van der Waals surface area contributed by atoms with E-state index in [1.165, 1.54) is 0 Å². The SMILES string of the molecule is COc1ccc(-c2nc3cc(F)c(F)cc3n2CCCO)cc1. The topological polar surface area (TPSA) is 47.3 Å². The Kier molecular flexibility index (Phi) is 4.25. The van der Waals surface area contributed by atoms with Crippen LogP contribution in [0.1, 0.15) is 6.42 Å².